The first-order chi connectivity index (χ1) is 8.19. The molecule has 0 saturated heterocycles. The second-order valence-electron chi connectivity index (χ2n) is 3.81. The highest BCUT2D eigenvalue weighted by Crippen LogP contribution is 2.26. The maximum Gasteiger partial charge on any atom is 0.153 e. The van der Waals surface area contributed by atoms with E-state index in [9.17, 15) is 0 Å². The Balaban J connectivity index is 2.93. The standard InChI is InChI=1S/C15H20O2/c1-5-14(16-6-2)15(17-12(3)4)13-10-8-7-9-11-13/h5,7-11,14-15H,1,3,6H2,2,4H3. The van der Waals surface area contributed by atoms with E-state index in [4.69, 9.17) is 9.47 Å². The summed E-state index contributed by atoms with van der Waals surface area (Å²) in [4.78, 5) is 0. The Labute approximate surface area is 104 Å². The first-order valence-electron chi connectivity index (χ1n) is 5.80. The molecule has 0 saturated carbocycles. The van der Waals surface area contributed by atoms with Crippen molar-refractivity contribution < 1.29 is 9.47 Å². The zero-order valence-corrected chi connectivity index (χ0v) is 10.6. The van der Waals surface area contributed by atoms with Crippen molar-refractivity contribution in [3.8, 4) is 0 Å². The van der Waals surface area contributed by atoms with E-state index >= 15 is 0 Å². The molecule has 0 aliphatic rings. The van der Waals surface area contributed by atoms with Crippen molar-refractivity contribution >= 4 is 0 Å². The second kappa shape index (κ2) is 6.92. The van der Waals surface area contributed by atoms with Crippen LogP contribution >= 0.6 is 0 Å². The molecule has 2 atom stereocenters. The lowest BCUT2D eigenvalue weighted by atomic mass is 10.0. The number of rotatable bonds is 7. The Morgan fingerprint density at radius 1 is 1.35 bits per heavy atom. The van der Waals surface area contributed by atoms with E-state index in [0.717, 1.165) is 5.56 Å². The van der Waals surface area contributed by atoms with Gasteiger partial charge in [0.2, 0.25) is 0 Å². The lowest BCUT2D eigenvalue weighted by molar-refractivity contribution is -0.0225. The van der Waals surface area contributed by atoms with E-state index in [1.165, 1.54) is 0 Å². The van der Waals surface area contributed by atoms with Crippen molar-refractivity contribution in [2.75, 3.05) is 6.61 Å². The average molecular weight is 232 g/mol. The molecule has 2 unspecified atom stereocenters. The van der Waals surface area contributed by atoms with Gasteiger partial charge in [-0.1, -0.05) is 43.0 Å². The summed E-state index contributed by atoms with van der Waals surface area (Å²) in [5.41, 5.74) is 1.06. The van der Waals surface area contributed by atoms with E-state index in [2.05, 4.69) is 13.2 Å². The van der Waals surface area contributed by atoms with Crippen LogP contribution in [0.15, 0.2) is 55.3 Å². The Bertz CT molecular complexity index is 356. The molecule has 0 aliphatic heterocycles. The van der Waals surface area contributed by atoms with Crippen LogP contribution in [-0.4, -0.2) is 12.7 Å². The lowest BCUT2D eigenvalue weighted by Crippen LogP contribution is -2.22. The zero-order valence-electron chi connectivity index (χ0n) is 10.6. The molecule has 0 aliphatic carbocycles. The molecule has 92 valence electrons. The third kappa shape index (κ3) is 4.08. The molecule has 17 heavy (non-hydrogen) atoms. The average Bonchev–Trinajstić information content (AvgIpc) is 2.34. The Morgan fingerprint density at radius 2 is 2.00 bits per heavy atom. The molecule has 0 fully saturated rings. The van der Waals surface area contributed by atoms with E-state index in [0.29, 0.717) is 12.4 Å². The molecular formula is C15H20O2. The summed E-state index contributed by atoms with van der Waals surface area (Å²) in [6, 6.07) is 9.98. The SMILES string of the molecule is C=CC(OCC)C(OC(=C)C)c1ccccc1. The van der Waals surface area contributed by atoms with Crippen LogP contribution in [0.1, 0.15) is 25.5 Å². The predicted octanol–water partition coefficient (Wildman–Crippen LogP) is 3.87. The molecule has 0 spiro atoms. The van der Waals surface area contributed by atoms with Crippen LogP contribution in [0.3, 0.4) is 0 Å². The molecule has 0 heterocycles. The summed E-state index contributed by atoms with van der Waals surface area (Å²) in [5, 5.41) is 0. The lowest BCUT2D eigenvalue weighted by Gasteiger charge is -2.26. The van der Waals surface area contributed by atoms with Gasteiger partial charge in [0.25, 0.3) is 0 Å². The van der Waals surface area contributed by atoms with Gasteiger partial charge in [0.15, 0.2) is 6.10 Å². The van der Waals surface area contributed by atoms with Crippen LogP contribution in [0.2, 0.25) is 0 Å². The van der Waals surface area contributed by atoms with Crippen LogP contribution < -0.4 is 0 Å². The van der Waals surface area contributed by atoms with Gasteiger partial charge in [-0.25, -0.2) is 0 Å². The van der Waals surface area contributed by atoms with Gasteiger partial charge in [-0.3, -0.25) is 0 Å². The second-order valence-corrected chi connectivity index (χ2v) is 3.81. The molecule has 1 aromatic rings. The van der Waals surface area contributed by atoms with Crippen molar-refractivity contribution in [2.45, 2.75) is 26.1 Å². The molecule has 1 aromatic carbocycles. The molecule has 0 amide bonds. The summed E-state index contributed by atoms with van der Waals surface area (Å²) < 4.78 is 11.4. The minimum Gasteiger partial charge on any atom is -0.488 e. The third-order valence-electron chi connectivity index (χ3n) is 2.35. The van der Waals surface area contributed by atoms with Gasteiger partial charge in [-0.05, 0) is 19.4 Å². The smallest absolute Gasteiger partial charge is 0.153 e. The van der Waals surface area contributed by atoms with E-state index in [-0.39, 0.29) is 12.2 Å². The first kappa shape index (κ1) is 13.5. The van der Waals surface area contributed by atoms with Gasteiger partial charge in [-0.15, -0.1) is 6.58 Å². The molecule has 0 N–H and O–H groups in total. The van der Waals surface area contributed by atoms with Crippen molar-refractivity contribution in [1.29, 1.82) is 0 Å². The highest BCUT2D eigenvalue weighted by molar-refractivity contribution is 5.20. The van der Waals surface area contributed by atoms with Crippen molar-refractivity contribution in [3.05, 3.63) is 60.9 Å². The van der Waals surface area contributed by atoms with E-state index in [1.54, 1.807) is 6.08 Å². The van der Waals surface area contributed by atoms with Crippen molar-refractivity contribution in [1.82, 2.24) is 0 Å². The summed E-state index contributed by atoms with van der Waals surface area (Å²) in [7, 11) is 0. The fourth-order valence-electron chi connectivity index (χ4n) is 1.66. The molecule has 1 rings (SSSR count). The summed E-state index contributed by atoms with van der Waals surface area (Å²) in [6.45, 7) is 12.0. The topological polar surface area (TPSA) is 18.5 Å². The summed E-state index contributed by atoms with van der Waals surface area (Å²) >= 11 is 0. The molecule has 0 radical (unpaired) electrons. The van der Waals surface area contributed by atoms with Gasteiger partial charge in [0, 0.05) is 6.61 Å². The van der Waals surface area contributed by atoms with Gasteiger partial charge in [0.1, 0.15) is 6.10 Å². The maximum absolute atomic E-state index is 5.75. The Hall–Kier alpha value is -1.54. The minimum atomic E-state index is -0.189. The highest BCUT2D eigenvalue weighted by Gasteiger charge is 2.22. The minimum absolute atomic E-state index is 0.167. The van der Waals surface area contributed by atoms with E-state index in [1.807, 2.05) is 44.2 Å². The first-order valence-corrected chi connectivity index (χ1v) is 5.80. The normalized spacial score (nSPS) is 13.8. The molecule has 2 nitrogen and oxygen atoms in total. The number of hydrogen-bond donors (Lipinski definition) is 0. The van der Waals surface area contributed by atoms with Crippen molar-refractivity contribution in [2.24, 2.45) is 0 Å². The van der Waals surface area contributed by atoms with E-state index < -0.39 is 0 Å². The number of benzene rings is 1. The van der Waals surface area contributed by atoms with Gasteiger partial charge < -0.3 is 9.47 Å². The summed E-state index contributed by atoms with van der Waals surface area (Å²) in [5.74, 6) is 0.672. The maximum atomic E-state index is 5.75. The molecule has 2 heteroatoms. The Morgan fingerprint density at radius 3 is 2.47 bits per heavy atom. The third-order valence-corrected chi connectivity index (χ3v) is 2.35. The van der Waals surface area contributed by atoms with Crippen LogP contribution in [0.25, 0.3) is 0 Å². The largest absolute Gasteiger partial charge is 0.488 e. The quantitative estimate of drug-likeness (QED) is 0.525. The van der Waals surface area contributed by atoms with Crippen molar-refractivity contribution in [3.63, 3.8) is 0 Å². The fourth-order valence-corrected chi connectivity index (χ4v) is 1.66. The predicted molar refractivity (Wildman–Crippen MR) is 70.7 cm³/mol. The number of ether oxygens (including phenoxy) is 2. The van der Waals surface area contributed by atoms with Crippen LogP contribution in [0.4, 0.5) is 0 Å². The van der Waals surface area contributed by atoms with Crippen LogP contribution in [0, 0.1) is 0 Å². The monoisotopic (exact) mass is 232 g/mol. The Kier molecular flexibility index (Phi) is 5.50. The summed E-state index contributed by atoms with van der Waals surface area (Å²) in [6.07, 6.45) is 1.41. The van der Waals surface area contributed by atoms with Gasteiger partial charge in [0.05, 0.1) is 5.76 Å². The van der Waals surface area contributed by atoms with Gasteiger partial charge >= 0.3 is 0 Å². The highest BCUT2D eigenvalue weighted by atomic mass is 16.5. The van der Waals surface area contributed by atoms with Crippen LogP contribution in [0.5, 0.6) is 0 Å². The zero-order chi connectivity index (χ0) is 12.7. The molecule has 0 aromatic heterocycles. The van der Waals surface area contributed by atoms with Gasteiger partial charge in [-0.2, -0.15) is 0 Å². The number of hydrogen-bond acceptors (Lipinski definition) is 2. The fraction of sp³-hybridized carbons (Fsp3) is 0.333. The number of allylic oxidation sites excluding steroid dienone is 1. The molecular weight excluding hydrogens is 212 g/mol. The molecule has 0 bridgehead atoms. The van der Waals surface area contributed by atoms with Crippen LogP contribution in [-0.2, 0) is 9.47 Å².